The second-order valence-corrected chi connectivity index (χ2v) is 5.90. The van der Waals surface area contributed by atoms with Gasteiger partial charge in [-0.2, -0.15) is 0 Å². The van der Waals surface area contributed by atoms with Crippen LogP contribution >= 0.6 is 0 Å². The Morgan fingerprint density at radius 1 is 0.885 bits per heavy atom. The molecule has 0 aliphatic rings. The largest absolute Gasteiger partial charge is 0.502 e. The van der Waals surface area contributed by atoms with E-state index in [9.17, 15) is 9.90 Å². The molecule has 26 heavy (non-hydrogen) atoms. The number of fused-ring (bicyclic) bond motifs is 1. The Hall–Kier alpha value is -3.53. The number of aromatic hydroxyl groups is 1. The zero-order valence-corrected chi connectivity index (χ0v) is 13.9. The van der Waals surface area contributed by atoms with Crippen molar-refractivity contribution < 1.29 is 14.3 Å². The molecular weight excluding hydrogens is 328 g/mol. The molecule has 1 N–H and O–H groups in total. The third-order valence-electron chi connectivity index (χ3n) is 4.13. The first-order valence-electron chi connectivity index (χ1n) is 8.24. The number of ether oxygens (including phenoxy) is 1. The number of phenols is 1. The molecule has 0 atom stereocenters. The molecule has 0 bridgehead atoms. The number of hydrogen-bond acceptors (Lipinski definition) is 4. The van der Waals surface area contributed by atoms with Gasteiger partial charge in [0.1, 0.15) is 12.4 Å². The monoisotopic (exact) mass is 344 g/mol. The van der Waals surface area contributed by atoms with E-state index in [1.807, 2.05) is 60.7 Å². The minimum atomic E-state index is -0.213. The summed E-state index contributed by atoms with van der Waals surface area (Å²) in [6, 6.07) is 23.6. The van der Waals surface area contributed by atoms with Crippen LogP contribution in [-0.2, 0) is 6.61 Å². The number of phenolic OH excluding ortho intramolecular Hbond substituents is 1. The molecule has 1 heterocycles. The van der Waals surface area contributed by atoms with Gasteiger partial charge in [0.05, 0.1) is 5.39 Å². The lowest BCUT2D eigenvalue weighted by molar-refractivity contribution is 0.289. The minimum absolute atomic E-state index is 0.127. The van der Waals surface area contributed by atoms with Gasteiger partial charge in [-0.3, -0.25) is 4.79 Å². The van der Waals surface area contributed by atoms with E-state index in [2.05, 4.69) is 0 Å². The van der Waals surface area contributed by atoms with Crippen LogP contribution < -0.4 is 10.2 Å². The Kier molecular flexibility index (Phi) is 4.15. The van der Waals surface area contributed by atoms with Gasteiger partial charge in [0.25, 0.3) is 0 Å². The molecule has 4 aromatic rings. The molecule has 4 nitrogen and oxygen atoms in total. The molecule has 0 radical (unpaired) electrons. The smallest absolute Gasteiger partial charge is 0.202 e. The third kappa shape index (κ3) is 3.05. The first-order chi connectivity index (χ1) is 12.7. The molecule has 0 amide bonds. The van der Waals surface area contributed by atoms with Crippen LogP contribution in [0.3, 0.4) is 0 Å². The van der Waals surface area contributed by atoms with E-state index in [0.29, 0.717) is 17.8 Å². The SMILES string of the molecule is O=c1cc(-c2ccccc2)oc2c(O)c(OCc3ccccc3)ccc12. The predicted molar refractivity (Wildman–Crippen MR) is 100 cm³/mol. The topological polar surface area (TPSA) is 59.7 Å². The summed E-state index contributed by atoms with van der Waals surface area (Å²) in [6.07, 6.45) is 0. The van der Waals surface area contributed by atoms with Gasteiger partial charge in [0.2, 0.25) is 5.75 Å². The molecule has 3 aromatic carbocycles. The fourth-order valence-electron chi connectivity index (χ4n) is 2.78. The molecule has 1 aromatic heterocycles. The average molecular weight is 344 g/mol. The fourth-order valence-corrected chi connectivity index (χ4v) is 2.78. The van der Waals surface area contributed by atoms with Crippen LogP contribution in [0.15, 0.2) is 88.1 Å². The van der Waals surface area contributed by atoms with Crippen molar-refractivity contribution in [1.29, 1.82) is 0 Å². The van der Waals surface area contributed by atoms with Gasteiger partial charge in [-0.25, -0.2) is 0 Å². The van der Waals surface area contributed by atoms with Crippen LogP contribution in [0.25, 0.3) is 22.3 Å². The molecule has 0 spiro atoms. The molecule has 0 aliphatic carbocycles. The summed E-state index contributed by atoms with van der Waals surface area (Å²) >= 11 is 0. The van der Waals surface area contributed by atoms with Crippen LogP contribution in [0.4, 0.5) is 0 Å². The lowest BCUT2D eigenvalue weighted by Gasteiger charge is -2.10. The van der Waals surface area contributed by atoms with Crippen molar-refractivity contribution in [2.75, 3.05) is 0 Å². The predicted octanol–water partition coefficient (Wildman–Crippen LogP) is 4.74. The molecule has 0 saturated heterocycles. The summed E-state index contributed by atoms with van der Waals surface area (Å²) in [5.41, 5.74) is 1.66. The standard InChI is InChI=1S/C22H16O4/c23-18-13-20(16-9-5-2-6-10-16)26-22-17(18)11-12-19(21(22)24)25-14-15-7-3-1-4-8-15/h1-13,24H,14H2. The van der Waals surface area contributed by atoms with Gasteiger partial charge >= 0.3 is 0 Å². The lowest BCUT2D eigenvalue weighted by atomic mass is 10.1. The van der Waals surface area contributed by atoms with Crippen molar-refractivity contribution in [3.63, 3.8) is 0 Å². The lowest BCUT2D eigenvalue weighted by Crippen LogP contribution is -2.02. The van der Waals surface area contributed by atoms with Crippen molar-refractivity contribution in [2.45, 2.75) is 6.61 Å². The maximum atomic E-state index is 12.4. The number of benzene rings is 3. The highest BCUT2D eigenvalue weighted by Gasteiger charge is 2.14. The van der Waals surface area contributed by atoms with Crippen LogP contribution in [-0.4, -0.2) is 5.11 Å². The Bertz CT molecular complexity index is 1100. The van der Waals surface area contributed by atoms with E-state index in [0.717, 1.165) is 11.1 Å². The molecule has 0 fully saturated rings. The highest BCUT2D eigenvalue weighted by atomic mass is 16.5. The van der Waals surface area contributed by atoms with Gasteiger partial charge in [-0.15, -0.1) is 0 Å². The Morgan fingerprint density at radius 3 is 2.31 bits per heavy atom. The zero-order chi connectivity index (χ0) is 17.9. The maximum Gasteiger partial charge on any atom is 0.202 e. The van der Waals surface area contributed by atoms with E-state index in [-0.39, 0.29) is 22.5 Å². The summed E-state index contributed by atoms with van der Waals surface area (Å²) in [6.45, 7) is 0.308. The Balaban J connectivity index is 1.75. The normalized spacial score (nSPS) is 10.8. The highest BCUT2D eigenvalue weighted by Crippen LogP contribution is 2.35. The van der Waals surface area contributed by atoms with Gasteiger partial charge in [0.15, 0.2) is 16.8 Å². The van der Waals surface area contributed by atoms with E-state index in [1.165, 1.54) is 6.07 Å². The van der Waals surface area contributed by atoms with Gasteiger partial charge in [-0.1, -0.05) is 60.7 Å². The third-order valence-corrected chi connectivity index (χ3v) is 4.13. The van der Waals surface area contributed by atoms with Crippen molar-refractivity contribution in [1.82, 2.24) is 0 Å². The summed E-state index contributed by atoms with van der Waals surface area (Å²) in [4.78, 5) is 12.4. The van der Waals surface area contributed by atoms with E-state index in [1.54, 1.807) is 12.1 Å². The van der Waals surface area contributed by atoms with Crippen LogP contribution in [0.2, 0.25) is 0 Å². The average Bonchev–Trinajstić information content (AvgIpc) is 2.69. The Morgan fingerprint density at radius 2 is 1.58 bits per heavy atom. The molecule has 0 saturated carbocycles. The minimum Gasteiger partial charge on any atom is -0.502 e. The first kappa shape index (κ1) is 16.0. The second kappa shape index (κ2) is 6.76. The van der Waals surface area contributed by atoms with Crippen molar-refractivity contribution >= 4 is 11.0 Å². The molecule has 0 aliphatic heterocycles. The summed E-state index contributed by atoms with van der Waals surface area (Å²) in [7, 11) is 0. The van der Waals surface area contributed by atoms with E-state index < -0.39 is 0 Å². The Labute approximate surface area is 149 Å². The van der Waals surface area contributed by atoms with Crippen LogP contribution in [0, 0.1) is 0 Å². The molecule has 4 rings (SSSR count). The van der Waals surface area contributed by atoms with Gasteiger partial charge < -0.3 is 14.3 Å². The first-order valence-corrected chi connectivity index (χ1v) is 8.24. The molecule has 128 valence electrons. The van der Waals surface area contributed by atoms with Gasteiger partial charge in [-0.05, 0) is 17.7 Å². The molecule has 0 unspecified atom stereocenters. The zero-order valence-electron chi connectivity index (χ0n) is 13.9. The van der Waals surface area contributed by atoms with Crippen molar-refractivity contribution in [2.24, 2.45) is 0 Å². The van der Waals surface area contributed by atoms with Gasteiger partial charge in [0, 0.05) is 11.6 Å². The quantitative estimate of drug-likeness (QED) is 0.581. The van der Waals surface area contributed by atoms with E-state index >= 15 is 0 Å². The van der Waals surface area contributed by atoms with Crippen molar-refractivity contribution in [3.8, 4) is 22.8 Å². The summed E-state index contributed by atoms with van der Waals surface area (Å²) in [5.74, 6) is 0.502. The maximum absolute atomic E-state index is 12.4. The molecular formula is C22H16O4. The number of rotatable bonds is 4. The second-order valence-electron chi connectivity index (χ2n) is 5.90. The summed E-state index contributed by atoms with van der Waals surface area (Å²) in [5, 5.41) is 10.9. The molecule has 4 heteroatoms. The highest BCUT2D eigenvalue weighted by molar-refractivity contribution is 5.86. The van der Waals surface area contributed by atoms with Crippen LogP contribution in [0.5, 0.6) is 11.5 Å². The summed E-state index contributed by atoms with van der Waals surface area (Å²) < 4.78 is 11.5. The number of hydrogen-bond donors (Lipinski definition) is 1. The van der Waals surface area contributed by atoms with E-state index in [4.69, 9.17) is 9.15 Å². The van der Waals surface area contributed by atoms with Crippen molar-refractivity contribution in [3.05, 3.63) is 94.6 Å². The fraction of sp³-hybridized carbons (Fsp3) is 0.0455. The van der Waals surface area contributed by atoms with Crippen LogP contribution in [0.1, 0.15) is 5.56 Å².